The zero-order valence-electron chi connectivity index (χ0n) is 23.9. The van der Waals surface area contributed by atoms with E-state index in [0.29, 0.717) is 11.8 Å². The molecule has 0 saturated carbocycles. The van der Waals surface area contributed by atoms with Crippen molar-refractivity contribution in [2.75, 3.05) is 13.1 Å². The average Bonchev–Trinajstić information content (AvgIpc) is 2.90. The van der Waals surface area contributed by atoms with Gasteiger partial charge in [-0.05, 0) is 83.0 Å². The highest BCUT2D eigenvalue weighted by Gasteiger charge is 2.43. The Morgan fingerprint density at radius 3 is 2.34 bits per heavy atom. The first-order valence-electron chi connectivity index (χ1n) is 14.1. The van der Waals surface area contributed by atoms with Crippen molar-refractivity contribution in [2.24, 2.45) is 11.8 Å². The zero-order valence-corrected chi connectivity index (χ0v) is 23.9. The van der Waals surface area contributed by atoms with Gasteiger partial charge in [0.25, 0.3) is 5.91 Å². The fourth-order valence-electron chi connectivity index (χ4n) is 6.34. The largest absolute Gasteiger partial charge is 0.344 e. The SMILES string of the molecule is C=C[C@H]1CN2CC[C@H]1C[C@@H]2[C@@H](NC(=O)c1cc(C(C)(C)C)cc(C(C)(C)C)c1)c1ccnc2ccccc12. The first kappa shape index (κ1) is 26.6. The monoisotopic (exact) mass is 509 g/mol. The van der Waals surface area contributed by atoms with Crippen molar-refractivity contribution in [1.29, 1.82) is 0 Å². The number of para-hydroxylation sites is 1. The third kappa shape index (κ3) is 5.16. The van der Waals surface area contributed by atoms with Crippen molar-refractivity contribution >= 4 is 16.8 Å². The third-order valence-electron chi connectivity index (χ3n) is 8.77. The van der Waals surface area contributed by atoms with Crippen molar-refractivity contribution in [3.05, 3.63) is 89.6 Å². The maximum absolute atomic E-state index is 14.1. The van der Waals surface area contributed by atoms with Crippen LogP contribution in [0, 0.1) is 11.8 Å². The second-order valence-corrected chi connectivity index (χ2v) is 13.4. The van der Waals surface area contributed by atoms with Gasteiger partial charge in [-0.1, -0.05) is 71.9 Å². The normalized spacial score (nSPS) is 24.3. The van der Waals surface area contributed by atoms with Gasteiger partial charge in [0.1, 0.15) is 0 Å². The molecule has 3 fully saturated rings. The molecule has 0 aliphatic carbocycles. The van der Waals surface area contributed by atoms with E-state index in [-0.39, 0.29) is 28.8 Å². The lowest BCUT2D eigenvalue weighted by molar-refractivity contribution is 0.00170. The highest BCUT2D eigenvalue weighted by molar-refractivity contribution is 5.95. The Morgan fingerprint density at radius 2 is 1.74 bits per heavy atom. The molecule has 2 aromatic carbocycles. The summed E-state index contributed by atoms with van der Waals surface area (Å²) in [5.74, 6) is 1.14. The lowest BCUT2D eigenvalue weighted by Crippen LogP contribution is -2.57. The van der Waals surface area contributed by atoms with Crippen LogP contribution in [-0.4, -0.2) is 34.9 Å². The lowest BCUT2D eigenvalue weighted by Gasteiger charge is -2.51. The van der Waals surface area contributed by atoms with E-state index in [4.69, 9.17) is 0 Å². The van der Waals surface area contributed by atoms with E-state index < -0.39 is 0 Å². The summed E-state index contributed by atoms with van der Waals surface area (Å²) in [7, 11) is 0. The summed E-state index contributed by atoms with van der Waals surface area (Å²) >= 11 is 0. The number of pyridine rings is 1. The van der Waals surface area contributed by atoms with Gasteiger partial charge >= 0.3 is 0 Å². The Bertz CT molecular complexity index is 1310. The number of hydrogen-bond donors (Lipinski definition) is 1. The van der Waals surface area contributed by atoms with Crippen molar-refractivity contribution in [1.82, 2.24) is 15.2 Å². The molecule has 4 heteroatoms. The van der Waals surface area contributed by atoms with Crippen LogP contribution in [0.1, 0.15) is 87.5 Å². The Labute approximate surface area is 228 Å². The number of nitrogens with one attached hydrogen (secondary N) is 1. The first-order valence-corrected chi connectivity index (χ1v) is 14.1. The van der Waals surface area contributed by atoms with Crippen LogP contribution in [0.2, 0.25) is 0 Å². The summed E-state index contributed by atoms with van der Waals surface area (Å²) in [6, 6.07) is 17.0. The van der Waals surface area contributed by atoms with Crippen LogP contribution in [0.15, 0.2) is 67.4 Å². The maximum Gasteiger partial charge on any atom is 0.251 e. The van der Waals surface area contributed by atoms with Crippen LogP contribution in [0.25, 0.3) is 10.9 Å². The van der Waals surface area contributed by atoms with Crippen LogP contribution in [0.3, 0.4) is 0 Å². The number of carbonyl (C=O) groups excluding carboxylic acids is 1. The maximum atomic E-state index is 14.1. The number of fused-ring (bicyclic) bond motifs is 4. The molecular weight excluding hydrogens is 466 g/mol. The Morgan fingerprint density at radius 1 is 1.05 bits per heavy atom. The molecule has 200 valence electrons. The topological polar surface area (TPSA) is 45.2 Å². The van der Waals surface area contributed by atoms with E-state index in [1.807, 2.05) is 12.3 Å². The number of aromatic nitrogens is 1. The fraction of sp³-hybridized carbons (Fsp3) is 0.471. The Kier molecular flexibility index (Phi) is 6.98. The van der Waals surface area contributed by atoms with Gasteiger partial charge in [0.2, 0.25) is 0 Å². The molecule has 1 N–H and O–H groups in total. The summed E-state index contributed by atoms with van der Waals surface area (Å²) in [6.07, 6.45) is 6.29. The number of hydrogen-bond acceptors (Lipinski definition) is 3. The Hall–Kier alpha value is -2.98. The smallest absolute Gasteiger partial charge is 0.251 e. The minimum absolute atomic E-state index is 0.00425. The summed E-state index contributed by atoms with van der Waals surface area (Å²) in [6.45, 7) is 19.5. The standard InChI is InChI=1S/C34H43N3O/c1-8-22-21-37-16-14-23(22)19-30(37)31(28-13-15-35-29-12-10-9-11-27(28)29)36-32(38)24-17-25(33(2,3)4)20-26(18-24)34(5,6)7/h8-13,15,17-18,20,22-23,30-31H,1,14,16,19,21H2,2-7H3,(H,36,38)/t22-,23-,30+,31-/m0/s1. The zero-order chi connectivity index (χ0) is 27.2. The molecule has 3 saturated heterocycles. The molecule has 5 atom stereocenters. The second kappa shape index (κ2) is 9.96. The number of nitrogens with zero attached hydrogens (tertiary/aromatic N) is 2. The molecule has 4 nitrogen and oxygen atoms in total. The van der Waals surface area contributed by atoms with E-state index in [9.17, 15) is 4.79 Å². The van der Waals surface area contributed by atoms with Gasteiger partial charge in [0, 0.05) is 29.7 Å². The summed E-state index contributed by atoms with van der Waals surface area (Å²) in [5, 5.41) is 4.67. The van der Waals surface area contributed by atoms with Crippen LogP contribution < -0.4 is 5.32 Å². The van der Waals surface area contributed by atoms with E-state index in [1.54, 1.807) is 0 Å². The molecule has 2 bridgehead atoms. The summed E-state index contributed by atoms with van der Waals surface area (Å²) in [4.78, 5) is 21.3. The number of rotatable bonds is 5. The molecule has 3 aliphatic heterocycles. The van der Waals surface area contributed by atoms with E-state index in [2.05, 4.69) is 112 Å². The van der Waals surface area contributed by atoms with Crippen LogP contribution >= 0.6 is 0 Å². The predicted octanol–water partition coefficient (Wildman–Crippen LogP) is 7.20. The molecule has 1 amide bonds. The molecule has 3 aromatic rings. The van der Waals surface area contributed by atoms with Gasteiger partial charge in [-0.25, -0.2) is 0 Å². The summed E-state index contributed by atoms with van der Waals surface area (Å²) in [5.41, 5.74) is 5.14. The third-order valence-corrected chi connectivity index (χ3v) is 8.77. The molecule has 0 radical (unpaired) electrons. The fourth-order valence-corrected chi connectivity index (χ4v) is 6.34. The molecule has 38 heavy (non-hydrogen) atoms. The van der Waals surface area contributed by atoms with E-state index in [0.717, 1.165) is 41.5 Å². The highest BCUT2D eigenvalue weighted by Crippen LogP contribution is 2.42. The second-order valence-electron chi connectivity index (χ2n) is 13.4. The van der Waals surface area contributed by atoms with Crippen molar-refractivity contribution in [3.8, 4) is 0 Å². The Balaban J connectivity index is 1.57. The van der Waals surface area contributed by atoms with E-state index >= 15 is 0 Å². The number of amides is 1. The average molecular weight is 510 g/mol. The molecule has 1 unspecified atom stereocenters. The molecule has 1 aromatic heterocycles. The van der Waals surface area contributed by atoms with Crippen LogP contribution in [-0.2, 0) is 10.8 Å². The quantitative estimate of drug-likeness (QED) is 0.370. The van der Waals surface area contributed by atoms with Gasteiger partial charge in [-0.3, -0.25) is 14.7 Å². The van der Waals surface area contributed by atoms with E-state index in [1.165, 1.54) is 17.5 Å². The van der Waals surface area contributed by atoms with Crippen LogP contribution in [0.5, 0.6) is 0 Å². The van der Waals surface area contributed by atoms with Gasteiger partial charge in [-0.2, -0.15) is 0 Å². The number of piperidine rings is 3. The number of benzene rings is 2. The minimum atomic E-state index is -0.125. The first-order chi connectivity index (χ1) is 18.0. The van der Waals surface area contributed by atoms with Gasteiger partial charge in [0.05, 0.1) is 11.6 Å². The molecule has 3 aliphatic rings. The molecule has 4 heterocycles. The minimum Gasteiger partial charge on any atom is -0.344 e. The van der Waals surface area contributed by atoms with Crippen molar-refractivity contribution in [2.45, 2.75) is 77.3 Å². The molecule has 0 spiro atoms. The van der Waals surface area contributed by atoms with Gasteiger partial charge in [0.15, 0.2) is 0 Å². The lowest BCUT2D eigenvalue weighted by atomic mass is 9.73. The summed E-state index contributed by atoms with van der Waals surface area (Å²) < 4.78 is 0. The van der Waals surface area contributed by atoms with Crippen molar-refractivity contribution in [3.63, 3.8) is 0 Å². The molecule has 6 rings (SSSR count). The predicted molar refractivity (Wildman–Crippen MR) is 158 cm³/mol. The number of carbonyl (C=O) groups is 1. The molecular formula is C34H43N3O. The highest BCUT2D eigenvalue weighted by atomic mass is 16.1. The van der Waals surface area contributed by atoms with Crippen molar-refractivity contribution < 1.29 is 4.79 Å². The van der Waals surface area contributed by atoms with Gasteiger partial charge < -0.3 is 5.32 Å². The van der Waals surface area contributed by atoms with Crippen LogP contribution in [0.4, 0.5) is 0 Å². The van der Waals surface area contributed by atoms with Gasteiger partial charge in [-0.15, -0.1) is 6.58 Å².